The minimum absolute atomic E-state index is 0.0710. The summed E-state index contributed by atoms with van der Waals surface area (Å²) in [4.78, 5) is 13.4. The third kappa shape index (κ3) is 3.42. The number of nitrogens with two attached hydrogens (primary N) is 1. The van der Waals surface area contributed by atoms with Crippen LogP contribution in [0.25, 0.3) is 0 Å². The van der Waals surface area contributed by atoms with Gasteiger partial charge in [0.25, 0.3) is 0 Å². The molecule has 3 N–H and O–H groups in total. The second kappa shape index (κ2) is 5.58. The minimum atomic E-state index is 0.0710. The van der Waals surface area contributed by atoms with Gasteiger partial charge in [0.15, 0.2) is 5.84 Å². The fourth-order valence-electron chi connectivity index (χ4n) is 2.01. The summed E-state index contributed by atoms with van der Waals surface area (Å²) in [7, 11) is 1.69. The number of amides is 1. The van der Waals surface area contributed by atoms with Crippen molar-refractivity contribution in [1.29, 1.82) is 0 Å². The standard InChI is InChI=1S/C10H19N3O2/c1-13(7-9(11)12-15)10(14)8-5-3-2-4-6-8/h8,15H,2-7H2,1H3,(H2,11,12). The van der Waals surface area contributed by atoms with Crippen molar-refractivity contribution in [2.24, 2.45) is 16.8 Å². The first-order valence-electron chi connectivity index (χ1n) is 5.36. The van der Waals surface area contributed by atoms with Crippen LogP contribution in [0.3, 0.4) is 0 Å². The largest absolute Gasteiger partial charge is 0.409 e. The lowest BCUT2D eigenvalue weighted by Gasteiger charge is -2.25. The molecular weight excluding hydrogens is 194 g/mol. The van der Waals surface area contributed by atoms with E-state index in [1.54, 1.807) is 7.05 Å². The average Bonchev–Trinajstić information content (AvgIpc) is 2.29. The molecule has 5 heteroatoms. The lowest BCUT2D eigenvalue weighted by atomic mass is 9.88. The highest BCUT2D eigenvalue weighted by Crippen LogP contribution is 2.24. The Kier molecular flexibility index (Phi) is 4.39. The summed E-state index contributed by atoms with van der Waals surface area (Å²) < 4.78 is 0. The van der Waals surface area contributed by atoms with E-state index in [9.17, 15) is 4.79 Å². The minimum Gasteiger partial charge on any atom is -0.409 e. The van der Waals surface area contributed by atoms with Gasteiger partial charge >= 0.3 is 0 Å². The van der Waals surface area contributed by atoms with E-state index in [1.807, 2.05) is 0 Å². The van der Waals surface area contributed by atoms with Gasteiger partial charge < -0.3 is 15.8 Å². The van der Waals surface area contributed by atoms with Gasteiger partial charge in [0.2, 0.25) is 5.91 Å². The number of likely N-dealkylation sites (N-methyl/N-ethyl adjacent to an activating group) is 1. The number of hydrogen-bond acceptors (Lipinski definition) is 3. The molecule has 0 heterocycles. The third-order valence-corrected chi connectivity index (χ3v) is 2.86. The van der Waals surface area contributed by atoms with E-state index in [2.05, 4.69) is 5.16 Å². The van der Waals surface area contributed by atoms with E-state index in [-0.39, 0.29) is 24.2 Å². The number of hydrogen-bond donors (Lipinski definition) is 2. The van der Waals surface area contributed by atoms with E-state index in [4.69, 9.17) is 10.9 Å². The molecule has 1 saturated carbocycles. The third-order valence-electron chi connectivity index (χ3n) is 2.86. The zero-order valence-corrected chi connectivity index (χ0v) is 9.15. The number of oxime groups is 1. The molecule has 0 aliphatic heterocycles. The molecule has 0 aromatic carbocycles. The molecule has 15 heavy (non-hydrogen) atoms. The van der Waals surface area contributed by atoms with Crippen LogP contribution in [0.15, 0.2) is 5.16 Å². The van der Waals surface area contributed by atoms with Crippen molar-refractivity contribution in [2.75, 3.05) is 13.6 Å². The topological polar surface area (TPSA) is 78.9 Å². The number of carbonyl (C=O) groups excluding carboxylic acids is 1. The SMILES string of the molecule is CN(CC(N)=NO)C(=O)C1CCCCC1. The average molecular weight is 213 g/mol. The van der Waals surface area contributed by atoms with Crippen LogP contribution in [-0.4, -0.2) is 35.4 Å². The van der Waals surface area contributed by atoms with Crippen molar-refractivity contribution in [3.63, 3.8) is 0 Å². The quantitative estimate of drug-likeness (QED) is 0.314. The molecule has 1 rings (SSSR count). The van der Waals surface area contributed by atoms with Crippen molar-refractivity contribution >= 4 is 11.7 Å². The molecule has 0 unspecified atom stereocenters. The Bertz CT molecular complexity index is 247. The monoisotopic (exact) mass is 213 g/mol. The number of nitrogens with zero attached hydrogens (tertiary/aromatic N) is 2. The number of rotatable bonds is 3. The van der Waals surface area contributed by atoms with E-state index in [0.717, 1.165) is 25.7 Å². The molecule has 0 radical (unpaired) electrons. The van der Waals surface area contributed by atoms with Gasteiger partial charge in [0.1, 0.15) is 0 Å². The first-order valence-corrected chi connectivity index (χ1v) is 5.36. The van der Waals surface area contributed by atoms with Gasteiger partial charge in [-0.05, 0) is 12.8 Å². The molecule has 0 spiro atoms. The molecule has 0 bridgehead atoms. The zero-order chi connectivity index (χ0) is 11.3. The molecule has 0 saturated heterocycles. The Labute approximate surface area is 89.9 Å². The van der Waals surface area contributed by atoms with E-state index < -0.39 is 0 Å². The Morgan fingerprint density at radius 2 is 2.07 bits per heavy atom. The second-order valence-corrected chi connectivity index (χ2v) is 4.12. The van der Waals surface area contributed by atoms with Crippen molar-refractivity contribution < 1.29 is 10.0 Å². The predicted octanol–water partition coefficient (Wildman–Crippen LogP) is 0.771. The molecule has 0 aromatic rings. The summed E-state index contributed by atoms with van der Waals surface area (Å²) in [5.41, 5.74) is 5.35. The summed E-state index contributed by atoms with van der Waals surface area (Å²) in [5.74, 6) is 0.318. The van der Waals surface area contributed by atoms with Gasteiger partial charge in [-0.3, -0.25) is 4.79 Å². The molecule has 5 nitrogen and oxygen atoms in total. The number of amidine groups is 1. The first-order chi connectivity index (χ1) is 7.15. The van der Waals surface area contributed by atoms with Crippen molar-refractivity contribution in [2.45, 2.75) is 32.1 Å². The maximum Gasteiger partial charge on any atom is 0.225 e. The summed E-state index contributed by atoms with van der Waals surface area (Å²) in [6.45, 7) is 0.200. The summed E-state index contributed by atoms with van der Waals surface area (Å²) in [5, 5.41) is 11.3. The van der Waals surface area contributed by atoms with Crippen LogP contribution in [-0.2, 0) is 4.79 Å². The maximum absolute atomic E-state index is 11.9. The molecular formula is C10H19N3O2. The van der Waals surface area contributed by atoms with Crippen molar-refractivity contribution in [3.8, 4) is 0 Å². The molecule has 0 atom stereocenters. The van der Waals surface area contributed by atoms with Crippen LogP contribution in [0.1, 0.15) is 32.1 Å². The van der Waals surface area contributed by atoms with Crippen molar-refractivity contribution in [1.82, 2.24) is 4.90 Å². The highest BCUT2D eigenvalue weighted by atomic mass is 16.4. The lowest BCUT2D eigenvalue weighted by Crippen LogP contribution is -2.39. The normalized spacial score (nSPS) is 18.9. The molecule has 1 amide bonds. The molecule has 86 valence electrons. The molecule has 1 aliphatic carbocycles. The Balaban J connectivity index is 2.44. The Hall–Kier alpha value is -1.26. The van der Waals surface area contributed by atoms with Crippen LogP contribution >= 0.6 is 0 Å². The van der Waals surface area contributed by atoms with Crippen LogP contribution in [0, 0.1) is 5.92 Å². The summed E-state index contributed by atoms with van der Waals surface area (Å²) in [6, 6.07) is 0. The molecule has 1 aliphatic rings. The van der Waals surface area contributed by atoms with Gasteiger partial charge in [-0.2, -0.15) is 0 Å². The van der Waals surface area contributed by atoms with E-state index >= 15 is 0 Å². The Morgan fingerprint density at radius 3 is 2.60 bits per heavy atom. The van der Waals surface area contributed by atoms with Gasteiger partial charge in [0, 0.05) is 13.0 Å². The van der Waals surface area contributed by atoms with E-state index in [0.29, 0.717) is 0 Å². The van der Waals surface area contributed by atoms with Crippen LogP contribution in [0.4, 0.5) is 0 Å². The van der Waals surface area contributed by atoms with Crippen LogP contribution in [0.2, 0.25) is 0 Å². The number of carbonyl (C=O) groups is 1. The molecule has 0 aromatic heterocycles. The summed E-state index contributed by atoms with van der Waals surface area (Å²) in [6.07, 6.45) is 5.44. The van der Waals surface area contributed by atoms with Crippen LogP contribution in [0.5, 0.6) is 0 Å². The van der Waals surface area contributed by atoms with Gasteiger partial charge in [-0.15, -0.1) is 0 Å². The summed E-state index contributed by atoms with van der Waals surface area (Å²) >= 11 is 0. The highest BCUT2D eigenvalue weighted by Gasteiger charge is 2.24. The van der Waals surface area contributed by atoms with Crippen LogP contribution < -0.4 is 5.73 Å². The fraction of sp³-hybridized carbons (Fsp3) is 0.800. The van der Waals surface area contributed by atoms with E-state index in [1.165, 1.54) is 11.3 Å². The smallest absolute Gasteiger partial charge is 0.225 e. The van der Waals surface area contributed by atoms with Crippen molar-refractivity contribution in [3.05, 3.63) is 0 Å². The maximum atomic E-state index is 11.9. The fourth-order valence-corrected chi connectivity index (χ4v) is 2.01. The lowest BCUT2D eigenvalue weighted by molar-refractivity contribution is -0.134. The molecule has 1 fully saturated rings. The predicted molar refractivity (Wildman–Crippen MR) is 57.6 cm³/mol. The van der Waals surface area contributed by atoms with Gasteiger partial charge in [0.05, 0.1) is 6.54 Å². The first kappa shape index (κ1) is 11.8. The van der Waals surface area contributed by atoms with Gasteiger partial charge in [-0.25, -0.2) is 0 Å². The van der Waals surface area contributed by atoms with Gasteiger partial charge in [-0.1, -0.05) is 24.4 Å². The zero-order valence-electron chi connectivity index (χ0n) is 9.15. The Morgan fingerprint density at radius 1 is 1.47 bits per heavy atom. The highest BCUT2D eigenvalue weighted by molar-refractivity contribution is 5.87. The second-order valence-electron chi connectivity index (χ2n) is 4.12.